The normalized spacial score (nSPS) is 10.2. The standard InChI is InChI=1S/C17H16O3/c1-11-9-12(2)15(13(3)10-11)16(18)17(19)20-14-7-5-4-6-8-14/h4-10H,1-3H3. The van der Waals surface area contributed by atoms with Crippen molar-refractivity contribution in [2.45, 2.75) is 20.8 Å². The van der Waals surface area contributed by atoms with Crippen LogP contribution in [0, 0.1) is 20.8 Å². The summed E-state index contributed by atoms with van der Waals surface area (Å²) in [6.45, 7) is 5.60. The van der Waals surface area contributed by atoms with E-state index in [0.717, 1.165) is 16.7 Å². The number of esters is 1. The van der Waals surface area contributed by atoms with Crippen LogP contribution >= 0.6 is 0 Å². The fourth-order valence-electron chi connectivity index (χ4n) is 2.28. The summed E-state index contributed by atoms with van der Waals surface area (Å²) in [5.74, 6) is -1.09. The Morgan fingerprint density at radius 2 is 1.45 bits per heavy atom. The van der Waals surface area contributed by atoms with Crippen molar-refractivity contribution in [1.29, 1.82) is 0 Å². The molecule has 2 rings (SSSR count). The number of hydrogen-bond donors (Lipinski definition) is 0. The monoisotopic (exact) mass is 268 g/mol. The van der Waals surface area contributed by atoms with Crippen molar-refractivity contribution in [3.63, 3.8) is 0 Å². The van der Waals surface area contributed by atoms with Crippen LogP contribution in [0.4, 0.5) is 0 Å². The van der Waals surface area contributed by atoms with Crippen molar-refractivity contribution in [2.75, 3.05) is 0 Å². The number of rotatable bonds is 3. The van der Waals surface area contributed by atoms with Gasteiger partial charge in [0.15, 0.2) is 0 Å². The molecule has 3 heteroatoms. The number of aryl methyl sites for hydroxylation is 3. The van der Waals surface area contributed by atoms with Crippen LogP contribution in [-0.2, 0) is 4.79 Å². The topological polar surface area (TPSA) is 43.4 Å². The van der Waals surface area contributed by atoms with Crippen LogP contribution in [0.2, 0.25) is 0 Å². The Balaban J connectivity index is 2.26. The molecule has 0 amide bonds. The highest BCUT2D eigenvalue weighted by molar-refractivity contribution is 6.41. The molecule has 2 aromatic rings. The molecular weight excluding hydrogens is 252 g/mol. The molecule has 0 atom stereocenters. The van der Waals surface area contributed by atoms with Crippen molar-refractivity contribution in [3.8, 4) is 5.75 Å². The minimum atomic E-state index is -0.855. The van der Waals surface area contributed by atoms with Gasteiger partial charge in [-0.25, -0.2) is 4.79 Å². The van der Waals surface area contributed by atoms with Crippen molar-refractivity contribution < 1.29 is 14.3 Å². The summed E-state index contributed by atoms with van der Waals surface area (Å²) in [5, 5.41) is 0. The average Bonchev–Trinajstić information content (AvgIpc) is 2.38. The molecular formula is C17H16O3. The molecule has 102 valence electrons. The lowest BCUT2D eigenvalue weighted by molar-refractivity contribution is -0.129. The largest absolute Gasteiger partial charge is 0.421 e. The fraction of sp³-hybridized carbons (Fsp3) is 0.176. The molecule has 0 bridgehead atoms. The van der Waals surface area contributed by atoms with E-state index in [1.807, 2.05) is 39.0 Å². The van der Waals surface area contributed by atoms with Gasteiger partial charge in [-0.05, 0) is 44.0 Å². The zero-order chi connectivity index (χ0) is 14.7. The highest BCUT2D eigenvalue weighted by atomic mass is 16.5. The van der Waals surface area contributed by atoms with E-state index in [1.54, 1.807) is 24.3 Å². The summed E-state index contributed by atoms with van der Waals surface area (Å²) < 4.78 is 5.08. The zero-order valence-corrected chi connectivity index (χ0v) is 11.8. The van der Waals surface area contributed by atoms with E-state index < -0.39 is 11.8 Å². The van der Waals surface area contributed by atoms with Crippen molar-refractivity contribution in [1.82, 2.24) is 0 Å². The molecule has 0 fully saturated rings. The molecule has 3 nitrogen and oxygen atoms in total. The molecule has 0 saturated carbocycles. The number of carbonyl (C=O) groups is 2. The average molecular weight is 268 g/mol. The molecule has 0 aromatic heterocycles. The number of Topliss-reactive ketones (excluding diaryl/α,β-unsaturated/α-hetero) is 1. The van der Waals surface area contributed by atoms with Gasteiger partial charge in [0.2, 0.25) is 0 Å². The van der Waals surface area contributed by atoms with E-state index in [9.17, 15) is 9.59 Å². The van der Waals surface area contributed by atoms with Gasteiger partial charge in [-0.2, -0.15) is 0 Å². The SMILES string of the molecule is Cc1cc(C)c(C(=O)C(=O)Oc2ccccc2)c(C)c1. The van der Waals surface area contributed by atoms with E-state index in [4.69, 9.17) is 4.74 Å². The van der Waals surface area contributed by atoms with E-state index >= 15 is 0 Å². The van der Waals surface area contributed by atoms with Gasteiger partial charge in [0, 0.05) is 5.56 Å². The molecule has 20 heavy (non-hydrogen) atoms. The summed E-state index contributed by atoms with van der Waals surface area (Å²) in [4.78, 5) is 24.2. The first-order valence-corrected chi connectivity index (χ1v) is 6.38. The highest BCUT2D eigenvalue weighted by Gasteiger charge is 2.22. The third-order valence-electron chi connectivity index (χ3n) is 3.04. The Hall–Kier alpha value is -2.42. The van der Waals surface area contributed by atoms with E-state index in [0.29, 0.717) is 11.3 Å². The number of ketones is 1. The maximum atomic E-state index is 12.2. The number of ether oxygens (including phenoxy) is 1. The van der Waals surface area contributed by atoms with Crippen LogP contribution in [-0.4, -0.2) is 11.8 Å². The maximum Gasteiger partial charge on any atom is 0.385 e. The molecule has 0 N–H and O–H groups in total. The van der Waals surface area contributed by atoms with Gasteiger partial charge < -0.3 is 4.74 Å². The summed E-state index contributed by atoms with van der Waals surface area (Å²) in [7, 11) is 0. The Labute approximate surface area is 118 Å². The minimum absolute atomic E-state index is 0.369. The maximum absolute atomic E-state index is 12.2. The number of benzene rings is 2. The summed E-state index contributed by atoms with van der Waals surface area (Å²) >= 11 is 0. The molecule has 0 unspecified atom stereocenters. The summed E-state index contributed by atoms with van der Waals surface area (Å²) in [6, 6.07) is 12.4. The second-order valence-corrected chi connectivity index (χ2v) is 4.81. The van der Waals surface area contributed by atoms with E-state index in [-0.39, 0.29) is 0 Å². The molecule has 0 radical (unpaired) electrons. The first-order chi connectivity index (χ1) is 9.49. The van der Waals surface area contributed by atoms with Crippen LogP contribution < -0.4 is 4.74 Å². The predicted molar refractivity (Wildman–Crippen MR) is 77.1 cm³/mol. The predicted octanol–water partition coefficient (Wildman–Crippen LogP) is 3.40. The summed E-state index contributed by atoms with van der Waals surface area (Å²) in [5.41, 5.74) is 3.07. The lowest BCUT2D eigenvalue weighted by atomic mass is 9.96. The third-order valence-corrected chi connectivity index (χ3v) is 3.04. The molecule has 0 aliphatic heterocycles. The third kappa shape index (κ3) is 2.94. The van der Waals surface area contributed by atoms with Crippen LogP contribution in [0.3, 0.4) is 0 Å². The quantitative estimate of drug-likeness (QED) is 0.371. The van der Waals surface area contributed by atoms with Crippen molar-refractivity contribution in [3.05, 3.63) is 64.7 Å². The van der Waals surface area contributed by atoms with Crippen LogP contribution in [0.25, 0.3) is 0 Å². The van der Waals surface area contributed by atoms with E-state index in [2.05, 4.69) is 0 Å². The van der Waals surface area contributed by atoms with Gasteiger partial charge in [-0.15, -0.1) is 0 Å². The summed E-state index contributed by atoms with van der Waals surface area (Å²) in [6.07, 6.45) is 0. The molecule has 0 aliphatic rings. The zero-order valence-electron chi connectivity index (χ0n) is 11.8. The molecule has 2 aromatic carbocycles. The Bertz CT molecular complexity index is 634. The smallest absolute Gasteiger partial charge is 0.385 e. The first kappa shape index (κ1) is 14.0. The molecule has 0 aliphatic carbocycles. The van der Waals surface area contributed by atoms with Gasteiger partial charge >= 0.3 is 5.97 Å². The molecule has 0 saturated heterocycles. The van der Waals surface area contributed by atoms with Crippen LogP contribution in [0.1, 0.15) is 27.0 Å². The highest BCUT2D eigenvalue weighted by Crippen LogP contribution is 2.18. The second-order valence-electron chi connectivity index (χ2n) is 4.81. The minimum Gasteiger partial charge on any atom is -0.421 e. The lowest BCUT2D eigenvalue weighted by Crippen LogP contribution is -2.22. The number of carbonyl (C=O) groups excluding carboxylic acids is 2. The van der Waals surface area contributed by atoms with Gasteiger partial charge in [-0.3, -0.25) is 4.79 Å². The molecule has 0 spiro atoms. The number of para-hydroxylation sites is 1. The lowest BCUT2D eigenvalue weighted by Gasteiger charge is -2.09. The van der Waals surface area contributed by atoms with Gasteiger partial charge in [0.1, 0.15) is 5.75 Å². The van der Waals surface area contributed by atoms with Crippen LogP contribution in [0.5, 0.6) is 5.75 Å². The van der Waals surface area contributed by atoms with Crippen molar-refractivity contribution >= 4 is 11.8 Å². The van der Waals surface area contributed by atoms with E-state index in [1.165, 1.54) is 0 Å². The Morgan fingerprint density at radius 1 is 0.900 bits per heavy atom. The number of hydrogen-bond acceptors (Lipinski definition) is 3. The fourth-order valence-corrected chi connectivity index (χ4v) is 2.28. The van der Waals surface area contributed by atoms with Gasteiger partial charge in [-0.1, -0.05) is 35.9 Å². The molecule has 0 heterocycles. The van der Waals surface area contributed by atoms with Crippen LogP contribution in [0.15, 0.2) is 42.5 Å². The Kier molecular flexibility index (Phi) is 3.99. The van der Waals surface area contributed by atoms with Gasteiger partial charge in [0.05, 0.1) is 0 Å². The Morgan fingerprint density at radius 3 is 2.00 bits per heavy atom. The second kappa shape index (κ2) is 5.70. The van der Waals surface area contributed by atoms with Crippen molar-refractivity contribution in [2.24, 2.45) is 0 Å². The first-order valence-electron chi connectivity index (χ1n) is 6.38. The van der Waals surface area contributed by atoms with Gasteiger partial charge in [0.25, 0.3) is 5.78 Å².